The molecular formula is C12H16N2O2S. The van der Waals surface area contributed by atoms with E-state index in [1.165, 1.54) is 0 Å². The molecule has 1 saturated carbocycles. The van der Waals surface area contributed by atoms with Gasteiger partial charge in [-0.15, -0.1) is 0 Å². The van der Waals surface area contributed by atoms with E-state index in [0.29, 0.717) is 0 Å². The molecule has 1 aromatic rings. The van der Waals surface area contributed by atoms with Crippen LogP contribution in [0.5, 0.6) is 0 Å². The summed E-state index contributed by atoms with van der Waals surface area (Å²) in [6, 6.07) is 3.57. The molecule has 0 spiro atoms. The molecule has 0 aromatic carbocycles. The monoisotopic (exact) mass is 252 g/mol. The van der Waals surface area contributed by atoms with Gasteiger partial charge in [-0.1, -0.05) is 12.2 Å². The Balaban J connectivity index is 2.02. The van der Waals surface area contributed by atoms with Gasteiger partial charge < -0.3 is 15.5 Å². The van der Waals surface area contributed by atoms with Crippen LogP contribution in [0.1, 0.15) is 37.3 Å². The molecule has 5 heteroatoms. The number of amides is 1. The molecule has 17 heavy (non-hydrogen) atoms. The van der Waals surface area contributed by atoms with Crippen molar-refractivity contribution in [2.75, 3.05) is 0 Å². The fraction of sp³-hybridized carbons (Fsp3) is 0.500. The van der Waals surface area contributed by atoms with Crippen LogP contribution in [0.25, 0.3) is 0 Å². The highest BCUT2D eigenvalue weighted by atomic mass is 32.1. The molecule has 0 aliphatic heterocycles. The zero-order chi connectivity index (χ0) is 12.6. The van der Waals surface area contributed by atoms with Gasteiger partial charge in [-0.2, -0.15) is 0 Å². The molecule has 1 aliphatic carbocycles. The number of aryl methyl sites for hydroxylation is 1. The summed E-state index contributed by atoms with van der Waals surface area (Å²) in [5.41, 5.74) is 4.99. The van der Waals surface area contributed by atoms with Crippen molar-refractivity contribution in [1.82, 2.24) is 5.32 Å². The smallest absolute Gasteiger partial charge is 0.233 e. The first-order valence-corrected chi connectivity index (χ1v) is 6.04. The molecule has 0 saturated heterocycles. The lowest BCUT2D eigenvalue weighted by molar-refractivity contribution is -0.124. The number of rotatable bonds is 4. The van der Waals surface area contributed by atoms with Crippen molar-refractivity contribution >= 4 is 23.1 Å². The number of hydrogen-bond donors (Lipinski definition) is 2. The topological polar surface area (TPSA) is 68.3 Å². The van der Waals surface area contributed by atoms with E-state index < -0.39 is 5.41 Å². The number of hydrogen-bond acceptors (Lipinski definition) is 3. The molecule has 1 aliphatic rings. The van der Waals surface area contributed by atoms with Crippen LogP contribution in [-0.2, 0) is 4.79 Å². The average Bonchev–Trinajstić information content (AvgIpc) is 2.96. The fourth-order valence-corrected chi connectivity index (χ4v) is 2.10. The van der Waals surface area contributed by atoms with Crippen molar-refractivity contribution in [3.05, 3.63) is 23.7 Å². The van der Waals surface area contributed by atoms with Crippen LogP contribution in [-0.4, -0.2) is 10.9 Å². The van der Waals surface area contributed by atoms with E-state index in [1.807, 2.05) is 26.0 Å². The third-order valence-electron chi connectivity index (χ3n) is 3.19. The van der Waals surface area contributed by atoms with Crippen molar-refractivity contribution in [2.24, 2.45) is 11.1 Å². The summed E-state index contributed by atoms with van der Waals surface area (Å²) in [4.78, 5) is 12.3. The van der Waals surface area contributed by atoms with E-state index in [-0.39, 0.29) is 16.9 Å². The largest absolute Gasteiger partial charge is 0.464 e. The van der Waals surface area contributed by atoms with E-state index >= 15 is 0 Å². The molecule has 1 atom stereocenters. The van der Waals surface area contributed by atoms with Gasteiger partial charge in [0.25, 0.3) is 0 Å². The van der Waals surface area contributed by atoms with E-state index in [2.05, 4.69) is 5.32 Å². The van der Waals surface area contributed by atoms with E-state index in [0.717, 1.165) is 24.4 Å². The molecule has 0 bridgehead atoms. The molecular weight excluding hydrogens is 236 g/mol. The minimum absolute atomic E-state index is 0.0912. The number of nitrogens with one attached hydrogen (secondary N) is 1. The van der Waals surface area contributed by atoms with Gasteiger partial charge in [0.05, 0.1) is 16.4 Å². The first-order valence-electron chi connectivity index (χ1n) is 5.63. The Labute approximate surface area is 106 Å². The normalized spacial score (nSPS) is 18.5. The fourth-order valence-electron chi connectivity index (χ4n) is 1.80. The van der Waals surface area contributed by atoms with Gasteiger partial charge in [-0.3, -0.25) is 4.79 Å². The van der Waals surface area contributed by atoms with Gasteiger partial charge in [0.2, 0.25) is 5.91 Å². The minimum atomic E-state index is -0.606. The summed E-state index contributed by atoms with van der Waals surface area (Å²) in [6.07, 6.45) is 1.50. The number of thiocarbonyl (C=S) groups is 1. The van der Waals surface area contributed by atoms with Crippen LogP contribution >= 0.6 is 12.2 Å². The van der Waals surface area contributed by atoms with Gasteiger partial charge in [-0.05, 0) is 38.8 Å². The molecule has 2 rings (SSSR count). The van der Waals surface area contributed by atoms with Crippen molar-refractivity contribution < 1.29 is 9.21 Å². The van der Waals surface area contributed by atoms with Crippen LogP contribution in [0.2, 0.25) is 0 Å². The predicted molar refractivity (Wildman–Crippen MR) is 68.5 cm³/mol. The van der Waals surface area contributed by atoms with Crippen LogP contribution < -0.4 is 11.1 Å². The van der Waals surface area contributed by atoms with Gasteiger partial charge in [-0.25, -0.2) is 0 Å². The summed E-state index contributed by atoms with van der Waals surface area (Å²) in [5, 5.41) is 2.89. The molecule has 1 fully saturated rings. The highest BCUT2D eigenvalue weighted by Gasteiger charge is 2.53. The summed E-state index contributed by atoms with van der Waals surface area (Å²) >= 11 is 4.94. The number of furan rings is 1. The maximum atomic E-state index is 12.0. The minimum Gasteiger partial charge on any atom is -0.464 e. The SMILES string of the molecule is Cc1ccc(C(C)NC(=O)C2(C(N)=S)CC2)o1. The van der Waals surface area contributed by atoms with Crippen molar-refractivity contribution in [2.45, 2.75) is 32.7 Å². The van der Waals surface area contributed by atoms with Crippen LogP contribution in [0.3, 0.4) is 0 Å². The Morgan fingerprint density at radius 2 is 2.24 bits per heavy atom. The highest BCUT2D eigenvalue weighted by molar-refractivity contribution is 7.80. The number of nitrogens with two attached hydrogens (primary N) is 1. The van der Waals surface area contributed by atoms with Gasteiger partial charge >= 0.3 is 0 Å². The Bertz CT molecular complexity index is 463. The lowest BCUT2D eigenvalue weighted by Crippen LogP contribution is -2.40. The maximum Gasteiger partial charge on any atom is 0.233 e. The molecule has 3 N–H and O–H groups in total. The van der Waals surface area contributed by atoms with E-state index in [4.69, 9.17) is 22.4 Å². The first-order chi connectivity index (χ1) is 7.95. The summed E-state index contributed by atoms with van der Waals surface area (Å²) in [7, 11) is 0. The molecule has 1 aromatic heterocycles. The second-order valence-electron chi connectivity index (χ2n) is 4.59. The van der Waals surface area contributed by atoms with Crippen LogP contribution in [0.15, 0.2) is 16.5 Å². The number of carbonyl (C=O) groups excluding carboxylic acids is 1. The second-order valence-corrected chi connectivity index (χ2v) is 5.03. The highest BCUT2D eigenvalue weighted by Crippen LogP contribution is 2.46. The Morgan fingerprint density at radius 1 is 1.59 bits per heavy atom. The molecule has 1 unspecified atom stereocenters. The third-order valence-corrected chi connectivity index (χ3v) is 3.58. The van der Waals surface area contributed by atoms with E-state index in [9.17, 15) is 4.79 Å². The standard InChI is InChI=1S/C12H16N2O2S/c1-7-3-4-9(16-7)8(2)14-11(15)12(5-6-12)10(13)17/h3-4,8H,5-6H2,1-2H3,(H2,13,17)(H,14,15). The Hall–Kier alpha value is -1.36. The third kappa shape index (κ3) is 2.20. The molecule has 4 nitrogen and oxygen atoms in total. The summed E-state index contributed by atoms with van der Waals surface area (Å²) in [6.45, 7) is 3.75. The predicted octanol–water partition coefficient (Wildman–Crippen LogP) is 1.83. The number of carbonyl (C=O) groups is 1. The molecule has 1 amide bonds. The zero-order valence-corrected chi connectivity index (χ0v) is 10.8. The molecule has 1 heterocycles. The maximum absolute atomic E-state index is 12.0. The lowest BCUT2D eigenvalue weighted by Gasteiger charge is -2.17. The first kappa shape index (κ1) is 12.1. The average molecular weight is 252 g/mol. The molecule has 0 radical (unpaired) electrons. The van der Waals surface area contributed by atoms with Crippen molar-refractivity contribution in [1.29, 1.82) is 0 Å². The Kier molecular flexibility index (Phi) is 2.95. The summed E-state index contributed by atoms with van der Waals surface area (Å²) in [5.74, 6) is 1.48. The van der Waals surface area contributed by atoms with Gasteiger partial charge in [0, 0.05) is 0 Å². The second kappa shape index (κ2) is 4.14. The summed E-state index contributed by atoms with van der Waals surface area (Å²) < 4.78 is 5.46. The van der Waals surface area contributed by atoms with Crippen LogP contribution in [0.4, 0.5) is 0 Å². The van der Waals surface area contributed by atoms with Crippen molar-refractivity contribution in [3.8, 4) is 0 Å². The van der Waals surface area contributed by atoms with Crippen molar-refractivity contribution in [3.63, 3.8) is 0 Å². The van der Waals surface area contributed by atoms with Gasteiger partial charge in [0.15, 0.2) is 0 Å². The zero-order valence-electron chi connectivity index (χ0n) is 9.95. The molecule has 92 valence electrons. The quantitative estimate of drug-likeness (QED) is 0.802. The van der Waals surface area contributed by atoms with E-state index in [1.54, 1.807) is 0 Å². The van der Waals surface area contributed by atoms with Gasteiger partial charge in [0.1, 0.15) is 11.5 Å². The lowest BCUT2D eigenvalue weighted by atomic mass is 10.1. The van der Waals surface area contributed by atoms with Crippen LogP contribution in [0, 0.1) is 12.3 Å². The Morgan fingerprint density at radius 3 is 2.65 bits per heavy atom.